The maximum Gasteiger partial charge on any atom is 0.0503 e. The molecular weight excluding hydrogens is 214 g/mol. The van der Waals surface area contributed by atoms with Crippen molar-refractivity contribution in [1.29, 1.82) is 0 Å². The van der Waals surface area contributed by atoms with Gasteiger partial charge in [-0.1, -0.05) is 0 Å². The predicted octanol–water partition coefficient (Wildman–Crippen LogP) is 1.17. The molecule has 17 heavy (non-hydrogen) atoms. The van der Waals surface area contributed by atoms with E-state index in [0.717, 1.165) is 37.5 Å². The molecule has 1 aromatic rings. The fourth-order valence-electron chi connectivity index (χ4n) is 2.34. The lowest BCUT2D eigenvalue weighted by Crippen LogP contribution is -2.24. The van der Waals surface area contributed by atoms with Gasteiger partial charge in [0, 0.05) is 32.3 Å². The van der Waals surface area contributed by atoms with Gasteiger partial charge >= 0.3 is 0 Å². The van der Waals surface area contributed by atoms with Crippen molar-refractivity contribution in [2.24, 2.45) is 5.92 Å². The van der Waals surface area contributed by atoms with Crippen LogP contribution in [0.25, 0.3) is 0 Å². The van der Waals surface area contributed by atoms with Gasteiger partial charge in [0.25, 0.3) is 0 Å². The Balaban J connectivity index is 1.74. The molecule has 0 radical (unpaired) electrons. The zero-order valence-corrected chi connectivity index (χ0v) is 10.4. The highest BCUT2D eigenvalue weighted by molar-refractivity contribution is 5.34. The highest BCUT2D eigenvalue weighted by Gasteiger charge is 2.21. The van der Waals surface area contributed by atoms with Crippen molar-refractivity contribution in [3.8, 4) is 0 Å². The summed E-state index contributed by atoms with van der Waals surface area (Å²) < 4.78 is 5.20. The monoisotopic (exact) mass is 235 g/mol. The SMILES string of the molecule is COCC1CCN(CCc2ccc(N)cn2)C1. The van der Waals surface area contributed by atoms with Gasteiger partial charge in [-0.2, -0.15) is 0 Å². The summed E-state index contributed by atoms with van der Waals surface area (Å²) >= 11 is 0. The van der Waals surface area contributed by atoms with Gasteiger partial charge in [-0.15, -0.1) is 0 Å². The molecule has 0 bridgehead atoms. The van der Waals surface area contributed by atoms with Crippen LogP contribution in [-0.4, -0.2) is 43.2 Å². The van der Waals surface area contributed by atoms with Crippen LogP contribution in [0.3, 0.4) is 0 Å². The lowest BCUT2D eigenvalue weighted by molar-refractivity contribution is 0.153. The fraction of sp³-hybridized carbons (Fsp3) is 0.615. The maximum absolute atomic E-state index is 5.61. The number of nitrogens with zero attached hydrogens (tertiary/aromatic N) is 2. The van der Waals surface area contributed by atoms with E-state index < -0.39 is 0 Å². The van der Waals surface area contributed by atoms with Crippen molar-refractivity contribution in [2.45, 2.75) is 12.8 Å². The first kappa shape index (κ1) is 12.3. The van der Waals surface area contributed by atoms with E-state index in [0.29, 0.717) is 5.92 Å². The lowest BCUT2D eigenvalue weighted by atomic mass is 10.1. The Morgan fingerprint density at radius 1 is 1.53 bits per heavy atom. The summed E-state index contributed by atoms with van der Waals surface area (Å²) in [5, 5.41) is 0. The van der Waals surface area contributed by atoms with Crippen molar-refractivity contribution in [2.75, 3.05) is 39.1 Å². The average Bonchev–Trinajstić information content (AvgIpc) is 2.77. The van der Waals surface area contributed by atoms with E-state index >= 15 is 0 Å². The number of ether oxygens (including phenoxy) is 1. The lowest BCUT2D eigenvalue weighted by Gasteiger charge is -2.15. The zero-order valence-electron chi connectivity index (χ0n) is 10.4. The number of rotatable bonds is 5. The standard InChI is InChI=1S/C13H21N3O/c1-17-10-11-4-6-16(9-11)7-5-13-3-2-12(14)8-15-13/h2-3,8,11H,4-7,9-10,14H2,1H3. The second-order valence-corrected chi connectivity index (χ2v) is 4.74. The van der Waals surface area contributed by atoms with Crippen LogP contribution in [-0.2, 0) is 11.2 Å². The third-order valence-corrected chi connectivity index (χ3v) is 3.30. The number of hydrogen-bond donors (Lipinski definition) is 1. The molecule has 1 aromatic heterocycles. The number of likely N-dealkylation sites (tertiary alicyclic amines) is 1. The van der Waals surface area contributed by atoms with E-state index in [1.54, 1.807) is 13.3 Å². The molecule has 2 N–H and O–H groups in total. The number of methoxy groups -OCH3 is 1. The molecule has 4 nitrogen and oxygen atoms in total. The highest BCUT2D eigenvalue weighted by atomic mass is 16.5. The van der Waals surface area contributed by atoms with Crippen molar-refractivity contribution >= 4 is 5.69 Å². The largest absolute Gasteiger partial charge is 0.397 e. The van der Waals surface area contributed by atoms with Gasteiger partial charge in [0.2, 0.25) is 0 Å². The third-order valence-electron chi connectivity index (χ3n) is 3.30. The second-order valence-electron chi connectivity index (χ2n) is 4.74. The number of nitrogens with two attached hydrogens (primary N) is 1. The number of aromatic nitrogens is 1. The van der Waals surface area contributed by atoms with Gasteiger partial charge in [-0.25, -0.2) is 0 Å². The van der Waals surface area contributed by atoms with Gasteiger partial charge in [-0.05, 0) is 31.0 Å². The van der Waals surface area contributed by atoms with Gasteiger partial charge in [-0.3, -0.25) is 4.98 Å². The summed E-state index contributed by atoms with van der Waals surface area (Å²) in [6, 6.07) is 3.93. The van der Waals surface area contributed by atoms with Crippen molar-refractivity contribution < 1.29 is 4.74 Å². The molecule has 4 heteroatoms. The molecule has 2 rings (SSSR count). The molecule has 0 amide bonds. The number of hydrogen-bond acceptors (Lipinski definition) is 4. The van der Waals surface area contributed by atoms with Gasteiger partial charge < -0.3 is 15.4 Å². The van der Waals surface area contributed by atoms with Crippen LogP contribution in [0.15, 0.2) is 18.3 Å². The van der Waals surface area contributed by atoms with Crippen LogP contribution in [0.1, 0.15) is 12.1 Å². The summed E-state index contributed by atoms with van der Waals surface area (Å²) in [5.41, 5.74) is 7.46. The van der Waals surface area contributed by atoms with E-state index in [-0.39, 0.29) is 0 Å². The second kappa shape index (κ2) is 5.98. The summed E-state index contributed by atoms with van der Waals surface area (Å²) in [4.78, 5) is 6.81. The van der Waals surface area contributed by atoms with Crippen LogP contribution in [0.5, 0.6) is 0 Å². The Hall–Kier alpha value is -1.13. The topological polar surface area (TPSA) is 51.4 Å². The number of nitrogen functional groups attached to an aromatic ring is 1. The molecule has 1 aliphatic heterocycles. The first-order valence-corrected chi connectivity index (χ1v) is 6.19. The van der Waals surface area contributed by atoms with Gasteiger partial charge in [0.05, 0.1) is 18.5 Å². The van der Waals surface area contributed by atoms with Crippen molar-refractivity contribution in [1.82, 2.24) is 9.88 Å². The molecule has 0 saturated carbocycles. The van der Waals surface area contributed by atoms with E-state index in [2.05, 4.69) is 9.88 Å². The van der Waals surface area contributed by atoms with E-state index in [4.69, 9.17) is 10.5 Å². The van der Waals surface area contributed by atoms with E-state index in [9.17, 15) is 0 Å². The minimum Gasteiger partial charge on any atom is -0.397 e. The van der Waals surface area contributed by atoms with Gasteiger partial charge in [0.1, 0.15) is 0 Å². The highest BCUT2D eigenvalue weighted by Crippen LogP contribution is 2.16. The summed E-state index contributed by atoms with van der Waals surface area (Å²) in [5.74, 6) is 0.708. The molecule has 0 aliphatic carbocycles. The predicted molar refractivity (Wildman–Crippen MR) is 68.8 cm³/mol. The van der Waals surface area contributed by atoms with E-state index in [1.165, 1.54) is 13.0 Å². The first-order chi connectivity index (χ1) is 8.28. The Kier molecular flexibility index (Phi) is 4.34. The average molecular weight is 235 g/mol. The Bertz CT molecular complexity index is 339. The smallest absolute Gasteiger partial charge is 0.0503 e. The quantitative estimate of drug-likeness (QED) is 0.832. The normalized spacial score (nSPS) is 20.9. The van der Waals surface area contributed by atoms with E-state index in [1.807, 2.05) is 12.1 Å². The molecule has 2 heterocycles. The van der Waals surface area contributed by atoms with Crippen LogP contribution in [0.2, 0.25) is 0 Å². The van der Waals surface area contributed by atoms with Gasteiger partial charge in [0.15, 0.2) is 0 Å². The molecule has 1 aliphatic rings. The molecule has 1 saturated heterocycles. The van der Waals surface area contributed by atoms with Crippen molar-refractivity contribution in [3.05, 3.63) is 24.0 Å². The third kappa shape index (κ3) is 3.68. The Morgan fingerprint density at radius 3 is 3.12 bits per heavy atom. The summed E-state index contributed by atoms with van der Waals surface area (Å²) in [6.07, 6.45) is 3.98. The molecule has 94 valence electrons. The summed E-state index contributed by atoms with van der Waals surface area (Å²) in [6.45, 7) is 4.31. The van der Waals surface area contributed by atoms with Crippen LogP contribution < -0.4 is 5.73 Å². The molecule has 0 spiro atoms. The van der Waals surface area contributed by atoms with Crippen LogP contribution >= 0.6 is 0 Å². The van der Waals surface area contributed by atoms with Crippen LogP contribution in [0.4, 0.5) is 5.69 Å². The summed E-state index contributed by atoms with van der Waals surface area (Å²) in [7, 11) is 1.78. The zero-order chi connectivity index (χ0) is 12.1. The molecule has 0 aromatic carbocycles. The Labute approximate surface area is 103 Å². The fourth-order valence-corrected chi connectivity index (χ4v) is 2.34. The Morgan fingerprint density at radius 2 is 2.41 bits per heavy atom. The molecule has 1 unspecified atom stereocenters. The molecular formula is C13H21N3O. The first-order valence-electron chi connectivity index (χ1n) is 6.19. The minimum absolute atomic E-state index is 0.708. The van der Waals surface area contributed by atoms with Crippen molar-refractivity contribution in [3.63, 3.8) is 0 Å². The number of pyridine rings is 1. The number of anilines is 1. The maximum atomic E-state index is 5.61. The molecule has 1 fully saturated rings. The minimum atomic E-state index is 0.708. The van der Waals surface area contributed by atoms with Crippen LogP contribution in [0, 0.1) is 5.92 Å². The molecule has 1 atom stereocenters.